The van der Waals surface area contributed by atoms with Crippen molar-refractivity contribution < 1.29 is 18.3 Å². The summed E-state index contributed by atoms with van der Waals surface area (Å²) in [5, 5.41) is 5.48. The highest BCUT2D eigenvalue weighted by atomic mass is 19.1. The standard InChI is InChI=1S/C28H24F2N2O2/c1-32-15-18-14-17(7-9-23(18)31-32)27-25-10-11-26(34-25)28(27)24(33)13-16-6-8-20(22(30)12-16)19-4-2-3-5-21(19)29/h2-9,12,14-15,25-28H,10-11,13H2,1H3/t25-,26+,27+,28-/m0/s1. The van der Waals surface area contributed by atoms with Gasteiger partial charge >= 0.3 is 0 Å². The van der Waals surface area contributed by atoms with Crippen molar-refractivity contribution in [2.75, 3.05) is 0 Å². The molecule has 2 aliphatic rings. The lowest BCUT2D eigenvalue weighted by Crippen LogP contribution is -2.33. The maximum atomic E-state index is 14.9. The lowest BCUT2D eigenvalue weighted by molar-refractivity contribution is -0.124. The number of hydrogen-bond acceptors (Lipinski definition) is 3. The fourth-order valence-corrected chi connectivity index (χ4v) is 5.77. The van der Waals surface area contributed by atoms with Crippen LogP contribution >= 0.6 is 0 Å². The topological polar surface area (TPSA) is 44.1 Å². The molecule has 6 rings (SSSR count). The fraction of sp³-hybridized carbons (Fsp3) is 0.286. The Labute approximate surface area is 196 Å². The average Bonchev–Trinajstić information content (AvgIpc) is 3.53. The molecule has 1 aromatic heterocycles. The van der Waals surface area contributed by atoms with Gasteiger partial charge in [0.25, 0.3) is 0 Å². The van der Waals surface area contributed by atoms with Crippen LogP contribution in [0.15, 0.2) is 66.9 Å². The third kappa shape index (κ3) is 3.53. The number of Topliss-reactive ketones (excluding diaryl/α,β-unsaturated/α-hetero) is 1. The van der Waals surface area contributed by atoms with E-state index in [1.165, 1.54) is 12.1 Å². The zero-order valence-corrected chi connectivity index (χ0v) is 18.7. The molecule has 0 unspecified atom stereocenters. The van der Waals surface area contributed by atoms with Gasteiger partial charge < -0.3 is 4.74 Å². The van der Waals surface area contributed by atoms with Crippen molar-refractivity contribution in [3.05, 3.63) is 89.6 Å². The van der Waals surface area contributed by atoms with E-state index in [1.807, 2.05) is 25.4 Å². The molecule has 172 valence electrons. The van der Waals surface area contributed by atoms with Gasteiger partial charge in [0.1, 0.15) is 17.4 Å². The lowest BCUT2D eigenvalue weighted by Gasteiger charge is -2.27. The quantitative estimate of drug-likeness (QED) is 0.392. The van der Waals surface area contributed by atoms with Crippen molar-refractivity contribution in [3.8, 4) is 11.1 Å². The number of hydrogen-bond donors (Lipinski definition) is 0. The Balaban J connectivity index is 1.27. The van der Waals surface area contributed by atoms with Gasteiger partial charge in [0.2, 0.25) is 0 Å². The molecule has 4 aromatic rings. The normalized spacial score (nSPS) is 23.6. The summed E-state index contributed by atoms with van der Waals surface area (Å²) < 4.78 is 37.0. The number of aryl methyl sites for hydroxylation is 1. The van der Waals surface area contributed by atoms with Crippen LogP contribution in [0, 0.1) is 17.6 Å². The fourth-order valence-electron chi connectivity index (χ4n) is 5.77. The molecule has 0 amide bonds. The van der Waals surface area contributed by atoms with Crippen LogP contribution in [0.4, 0.5) is 8.78 Å². The first-order valence-electron chi connectivity index (χ1n) is 11.6. The van der Waals surface area contributed by atoms with Crippen LogP contribution in [0.3, 0.4) is 0 Å². The van der Waals surface area contributed by atoms with E-state index in [1.54, 1.807) is 35.0 Å². The number of benzene rings is 3. The SMILES string of the molecule is Cn1cc2cc([C@H]3[C@@H](C(=O)Cc4ccc(-c5ccccc5F)c(F)c4)[C@H]4CC[C@@H]3O4)ccc2n1. The smallest absolute Gasteiger partial charge is 0.143 e. The number of aromatic nitrogens is 2. The van der Waals surface area contributed by atoms with Gasteiger partial charge in [-0.1, -0.05) is 36.4 Å². The number of nitrogens with zero attached hydrogens (tertiary/aromatic N) is 2. The van der Waals surface area contributed by atoms with Gasteiger partial charge in [-0.25, -0.2) is 8.78 Å². The van der Waals surface area contributed by atoms with Crippen molar-refractivity contribution in [3.63, 3.8) is 0 Å². The number of fused-ring (bicyclic) bond motifs is 3. The number of rotatable bonds is 5. The van der Waals surface area contributed by atoms with E-state index in [9.17, 15) is 13.6 Å². The Hall–Kier alpha value is -3.38. The summed E-state index contributed by atoms with van der Waals surface area (Å²) in [5.41, 5.74) is 3.01. The van der Waals surface area contributed by atoms with Crippen LogP contribution < -0.4 is 0 Å². The van der Waals surface area contributed by atoms with Gasteiger partial charge in [-0.15, -0.1) is 0 Å². The van der Waals surface area contributed by atoms with Crippen molar-refractivity contribution >= 4 is 16.7 Å². The average molecular weight is 459 g/mol. The first-order chi connectivity index (χ1) is 16.5. The summed E-state index contributed by atoms with van der Waals surface area (Å²) in [7, 11) is 1.89. The monoisotopic (exact) mass is 458 g/mol. The Morgan fingerprint density at radius 2 is 1.79 bits per heavy atom. The van der Waals surface area contributed by atoms with Crippen LogP contribution in [0.5, 0.6) is 0 Å². The van der Waals surface area contributed by atoms with Gasteiger partial charge in [0.05, 0.1) is 23.6 Å². The molecule has 6 heteroatoms. The lowest BCUT2D eigenvalue weighted by atomic mass is 9.72. The summed E-state index contributed by atoms with van der Waals surface area (Å²) in [6.45, 7) is 0. The van der Waals surface area contributed by atoms with E-state index in [0.29, 0.717) is 5.56 Å². The number of carbonyl (C=O) groups excluding carboxylic acids is 1. The van der Waals surface area contributed by atoms with Crippen LogP contribution in [-0.4, -0.2) is 27.8 Å². The minimum Gasteiger partial charge on any atom is -0.374 e. The van der Waals surface area contributed by atoms with Crippen molar-refractivity contribution in [2.24, 2.45) is 13.0 Å². The third-order valence-electron chi connectivity index (χ3n) is 7.25. The van der Waals surface area contributed by atoms with E-state index < -0.39 is 11.6 Å². The molecule has 3 aromatic carbocycles. The molecule has 4 atom stereocenters. The maximum Gasteiger partial charge on any atom is 0.143 e. The highest BCUT2D eigenvalue weighted by Gasteiger charge is 2.52. The van der Waals surface area contributed by atoms with Crippen LogP contribution in [-0.2, 0) is 23.0 Å². The summed E-state index contributed by atoms with van der Waals surface area (Å²) in [5.74, 6) is -1.22. The van der Waals surface area contributed by atoms with Crippen molar-refractivity contribution in [1.29, 1.82) is 0 Å². The minimum atomic E-state index is -0.529. The molecule has 34 heavy (non-hydrogen) atoms. The van der Waals surface area contributed by atoms with E-state index >= 15 is 0 Å². The molecule has 2 aliphatic heterocycles. The van der Waals surface area contributed by atoms with Gasteiger partial charge in [-0.2, -0.15) is 5.10 Å². The number of carbonyl (C=O) groups is 1. The molecule has 3 heterocycles. The highest BCUT2D eigenvalue weighted by Crippen LogP contribution is 2.49. The predicted octanol–water partition coefficient (Wildman–Crippen LogP) is 5.59. The minimum absolute atomic E-state index is 0.0154. The molecule has 0 radical (unpaired) electrons. The van der Waals surface area contributed by atoms with Crippen LogP contribution in [0.1, 0.15) is 29.9 Å². The molecule has 0 aliphatic carbocycles. The highest BCUT2D eigenvalue weighted by molar-refractivity contribution is 5.86. The number of ether oxygens (including phenoxy) is 1. The zero-order chi connectivity index (χ0) is 23.4. The van der Waals surface area contributed by atoms with E-state index in [0.717, 1.165) is 29.3 Å². The molecule has 2 saturated heterocycles. The summed E-state index contributed by atoms with van der Waals surface area (Å²) >= 11 is 0. The second kappa shape index (κ2) is 8.13. The van der Waals surface area contributed by atoms with Crippen LogP contribution in [0.25, 0.3) is 22.0 Å². The van der Waals surface area contributed by atoms with E-state index in [2.05, 4.69) is 11.2 Å². The molecule has 0 spiro atoms. The Bertz CT molecular complexity index is 1410. The second-order valence-electron chi connectivity index (χ2n) is 9.40. The molecule has 2 fully saturated rings. The first-order valence-corrected chi connectivity index (χ1v) is 11.6. The van der Waals surface area contributed by atoms with Gasteiger partial charge in [-0.05, 0) is 48.2 Å². The summed E-state index contributed by atoms with van der Waals surface area (Å²) in [4.78, 5) is 13.5. The van der Waals surface area contributed by atoms with Crippen molar-refractivity contribution in [2.45, 2.75) is 37.4 Å². The number of ketones is 1. The first kappa shape index (κ1) is 21.2. The predicted molar refractivity (Wildman–Crippen MR) is 125 cm³/mol. The van der Waals surface area contributed by atoms with Gasteiger partial charge in [0.15, 0.2) is 0 Å². The Kier molecular flexibility index (Phi) is 5.06. The van der Waals surface area contributed by atoms with Gasteiger partial charge in [0, 0.05) is 42.1 Å². The molecule has 4 nitrogen and oxygen atoms in total. The maximum absolute atomic E-state index is 14.9. The zero-order valence-electron chi connectivity index (χ0n) is 18.7. The summed E-state index contributed by atoms with van der Waals surface area (Å²) in [6.07, 6.45) is 3.83. The molecule has 2 bridgehead atoms. The second-order valence-corrected chi connectivity index (χ2v) is 9.40. The van der Waals surface area contributed by atoms with E-state index in [-0.39, 0.29) is 47.4 Å². The molecule has 0 N–H and O–H groups in total. The third-order valence-corrected chi connectivity index (χ3v) is 7.25. The Morgan fingerprint density at radius 1 is 1.00 bits per heavy atom. The molecular weight excluding hydrogens is 434 g/mol. The molecule has 0 saturated carbocycles. The van der Waals surface area contributed by atoms with E-state index in [4.69, 9.17) is 4.74 Å². The van der Waals surface area contributed by atoms with Gasteiger partial charge in [-0.3, -0.25) is 9.48 Å². The van der Waals surface area contributed by atoms with Crippen molar-refractivity contribution in [1.82, 2.24) is 9.78 Å². The summed E-state index contributed by atoms with van der Waals surface area (Å²) in [6, 6.07) is 16.9. The number of halogens is 2. The molecular formula is C28H24F2N2O2. The largest absolute Gasteiger partial charge is 0.374 e. The Morgan fingerprint density at radius 3 is 2.62 bits per heavy atom. The van der Waals surface area contributed by atoms with Crippen LogP contribution in [0.2, 0.25) is 0 Å².